The maximum absolute atomic E-state index is 3.72. The van der Waals surface area contributed by atoms with Crippen molar-refractivity contribution in [2.45, 2.75) is 32.9 Å². The fourth-order valence-corrected chi connectivity index (χ4v) is 3.12. The van der Waals surface area contributed by atoms with Gasteiger partial charge in [-0.3, -0.25) is 0 Å². The molecule has 1 nitrogen and oxygen atoms in total. The third-order valence-corrected chi connectivity index (χ3v) is 4.11. The van der Waals surface area contributed by atoms with Gasteiger partial charge >= 0.3 is 0 Å². The Morgan fingerprint density at radius 2 is 1.89 bits per heavy atom. The highest BCUT2D eigenvalue weighted by Gasteiger charge is 2.28. The fraction of sp³-hybridized carbons (Fsp3) is 0.333. The molecule has 0 fully saturated rings. The van der Waals surface area contributed by atoms with Crippen LogP contribution in [0.2, 0.25) is 0 Å². The summed E-state index contributed by atoms with van der Waals surface area (Å²) in [5.41, 5.74) is 5.75. The molecule has 98 valence electrons. The highest BCUT2D eigenvalue weighted by molar-refractivity contribution is 5.38. The Morgan fingerprint density at radius 3 is 2.68 bits per heavy atom. The Balaban J connectivity index is 1.75. The molecule has 1 heteroatoms. The topological polar surface area (TPSA) is 12.0 Å². The summed E-state index contributed by atoms with van der Waals surface area (Å²) in [5, 5.41) is 3.72. The number of aryl methyl sites for hydroxylation is 1. The van der Waals surface area contributed by atoms with E-state index in [2.05, 4.69) is 67.7 Å². The third-order valence-electron chi connectivity index (χ3n) is 4.11. The molecule has 0 saturated heterocycles. The van der Waals surface area contributed by atoms with E-state index in [1.807, 2.05) is 0 Å². The molecule has 1 aliphatic rings. The van der Waals surface area contributed by atoms with E-state index in [1.54, 1.807) is 0 Å². The van der Waals surface area contributed by atoms with Gasteiger partial charge in [-0.1, -0.05) is 61.0 Å². The van der Waals surface area contributed by atoms with Gasteiger partial charge < -0.3 is 5.32 Å². The summed E-state index contributed by atoms with van der Waals surface area (Å²) in [7, 11) is 0. The standard InChI is InChI=1S/C18H21N/c1-13-8-9-17-16(10-13)11-14(2)18(17)19-12-15-6-4-3-5-7-15/h3-10,14,18-19H,11-12H2,1-2H3/t14-,18-/m1/s1. The Morgan fingerprint density at radius 1 is 1.11 bits per heavy atom. The van der Waals surface area contributed by atoms with Crippen LogP contribution in [0.3, 0.4) is 0 Å². The zero-order chi connectivity index (χ0) is 13.2. The highest BCUT2D eigenvalue weighted by atomic mass is 14.9. The van der Waals surface area contributed by atoms with Gasteiger partial charge in [0.25, 0.3) is 0 Å². The van der Waals surface area contributed by atoms with Gasteiger partial charge in [0.2, 0.25) is 0 Å². The first kappa shape index (κ1) is 12.4. The van der Waals surface area contributed by atoms with Crippen LogP contribution < -0.4 is 5.32 Å². The van der Waals surface area contributed by atoms with Crippen molar-refractivity contribution in [1.29, 1.82) is 0 Å². The molecule has 0 heterocycles. The molecule has 2 atom stereocenters. The largest absolute Gasteiger partial charge is 0.306 e. The highest BCUT2D eigenvalue weighted by Crippen LogP contribution is 2.36. The molecular weight excluding hydrogens is 230 g/mol. The predicted octanol–water partition coefficient (Wildman–Crippen LogP) is 4.02. The van der Waals surface area contributed by atoms with Gasteiger partial charge in [0.05, 0.1) is 0 Å². The number of nitrogens with one attached hydrogen (secondary N) is 1. The van der Waals surface area contributed by atoms with E-state index in [0.29, 0.717) is 12.0 Å². The van der Waals surface area contributed by atoms with Crippen molar-refractivity contribution in [3.8, 4) is 0 Å². The Kier molecular flexibility index (Phi) is 3.39. The zero-order valence-electron chi connectivity index (χ0n) is 11.7. The second kappa shape index (κ2) is 5.18. The maximum atomic E-state index is 3.72. The molecular formula is C18H21N. The van der Waals surface area contributed by atoms with Gasteiger partial charge in [-0.2, -0.15) is 0 Å². The van der Waals surface area contributed by atoms with Gasteiger partial charge in [-0.15, -0.1) is 0 Å². The normalized spacial score (nSPS) is 21.4. The third kappa shape index (κ3) is 2.57. The number of benzene rings is 2. The lowest BCUT2D eigenvalue weighted by atomic mass is 10.0. The quantitative estimate of drug-likeness (QED) is 0.869. The van der Waals surface area contributed by atoms with Crippen molar-refractivity contribution in [3.05, 3.63) is 70.8 Å². The van der Waals surface area contributed by atoms with Crippen molar-refractivity contribution in [1.82, 2.24) is 5.32 Å². The summed E-state index contributed by atoms with van der Waals surface area (Å²) in [6.45, 7) is 5.47. The minimum Gasteiger partial charge on any atom is -0.306 e. The molecule has 1 aliphatic carbocycles. The molecule has 0 aromatic heterocycles. The fourth-order valence-electron chi connectivity index (χ4n) is 3.12. The van der Waals surface area contributed by atoms with Crippen LogP contribution in [-0.4, -0.2) is 0 Å². The first-order valence-corrected chi connectivity index (χ1v) is 7.11. The summed E-state index contributed by atoms with van der Waals surface area (Å²) in [4.78, 5) is 0. The van der Waals surface area contributed by atoms with Crippen molar-refractivity contribution in [2.24, 2.45) is 5.92 Å². The van der Waals surface area contributed by atoms with Crippen molar-refractivity contribution < 1.29 is 0 Å². The number of rotatable bonds is 3. The molecule has 2 aromatic rings. The van der Waals surface area contributed by atoms with Crippen LogP contribution in [0.4, 0.5) is 0 Å². The number of hydrogen-bond acceptors (Lipinski definition) is 1. The van der Waals surface area contributed by atoms with Crippen LogP contribution in [0.1, 0.15) is 35.2 Å². The Bertz CT molecular complexity index is 559. The molecule has 0 radical (unpaired) electrons. The van der Waals surface area contributed by atoms with Crippen LogP contribution in [0.25, 0.3) is 0 Å². The van der Waals surface area contributed by atoms with Crippen LogP contribution >= 0.6 is 0 Å². The summed E-state index contributed by atoms with van der Waals surface area (Å²) >= 11 is 0. The smallest absolute Gasteiger partial charge is 0.0354 e. The molecule has 0 amide bonds. The van der Waals surface area contributed by atoms with E-state index < -0.39 is 0 Å². The van der Waals surface area contributed by atoms with E-state index >= 15 is 0 Å². The number of hydrogen-bond donors (Lipinski definition) is 1. The summed E-state index contributed by atoms with van der Waals surface area (Å²) in [5.74, 6) is 0.681. The number of fused-ring (bicyclic) bond motifs is 1. The van der Waals surface area contributed by atoms with Gasteiger partial charge in [0.15, 0.2) is 0 Å². The molecule has 0 saturated carbocycles. The lowest BCUT2D eigenvalue weighted by Gasteiger charge is -2.19. The van der Waals surface area contributed by atoms with Gasteiger partial charge in [0.1, 0.15) is 0 Å². The molecule has 19 heavy (non-hydrogen) atoms. The monoisotopic (exact) mass is 251 g/mol. The van der Waals surface area contributed by atoms with Gasteiger partial charge in [-0.05, 0) is 36.0 Å². The van der Waals surface area contributed by atoms with Gasteiger partial charge in [0, 0.05) is 12.6 Å². The van der Waals surface area contributed by atoms with E-state index in [9.17, 15) is 0 Å². The maximum Gasteiger partial charge on any atom is 0.0354 e. The lowest BCUT2D eigenvalue weighted by Crippen LogP contribution is -2.23. The zero-order valence-corrected chi connectivity index (χ0v) is 11.7. The molecule has 0 spiro atoms. The molecule has 1 N–H and O–H groups in total. The van der Waals surface area contributed by atoms with Gasteiger partial charge in [-0.25, -0.2) is 0 Å². The molecule has 0 bridgehead atoms. The minimum atomic E-state index is 0.496. The van der Waals surface area contributed by atoms with E-state index in [-0.39, 0.29) is 0 Å². The van der Waals surface area contributed by atoms with E-state index in [1.165, 1.54) is 28.7 Å². The van der Waals surface area contributed by atoms with Crippen LogP contribution in [0.5, 0.6) is 0 Å². The van der Waals surface area contributed by atoms with E-state index in [4.69, 9.17) is 0 Å². The van der Waals surface area contributed by atoms with Crippen LogP contribution in [0, 0.1) is 12.8 Å². The molecule has 0 aliphatic heterocycles. The lowest BCUT2D eigenvalue weighted by molar-refractivity contribution is 0.415. The molecule has 2 aromatic carbocycles. The Labute approximate surface area is 115 Å². The van der Waals surface area contributed by atoms with Crippen molar-refractivity contribution in [2.75, 3.05) is 0 Å². The van der Waals surface area contributed by atoms with E-state index in [0.717, 1.165) is 6.54 Å². The second-order valence-corrected chi connectivity index (χ2v) is 5.73. The second-order valence-electron chi connectivity index (χ2n) is 5.73. The summed E-state index contributed by atoms with van der Waals surface area (Å²) < 4.78 is 0. The van der Waals surface area contributed by atoms with Crippen molar-refractivity contribution in [3.63, 3.8) is 0 Å². The minimum absolute atomic E-state index is 0.496. The average molecular weight is 251 g/mol. The average Bonchev–Trinajstić information content (AvgIpc) is 2.72. The summed E-state index contributed by atoms with van der Waals surface area (Å²) in [6.07, 6.45) is 1.20. The first-order valence-electron chi connectivity index (χ1n) is 7.11. The van der Waals surface area contributed by atoms with Crippen molar-refractivity contribution >= 4 is 0 Å². The molecule has 3 rings (SSSR count). The summed E-state index contributed by atoms with van der Waals surface area (Å²) in [6, 6.07) is 18.0. The Hall–Kier alpha value is -1.60. The van der Waals surface area contributed by atoms with Crippen LogP contribution in [0.15, 0.2) is 48.5 Å². The SMILES string of the molecule is Cc1ccc2c(c1)C[C@@H](C)[C@H]2NCc1ccccc1. The predicted molar refractivity (Wildman–Crippen MR) is 80.1 cm³/mol. The van der Waals surface area contributed by atoms with Crippen LogP contribution in [-0.2, 0) is 13.0 Å². The molecule has 0 unspecified atom stereocenters. The first-order chi connectivity index (χ1) is 9.24.